The summed E-state index contributed by atoms with van der Waals surface area (Å²) in [6.45, 7) is 4.30. The van der Waals surface area contributed by atoms with Gasteiger partial charge in [0.1, 0.15) is 0 Å². The zero-order valence-electron chi connectivity index (χ0n) is 15.0. The lowest BCUT2D eigenvalue weighted by atomic mass is 9.88. The van der Waals surface area contributed by atoms with Crippen LogP contribution < -0.4 is 0 Å². The molecule has 3 nitrogen and oxygen atoms in total. The minimum Gasteiger partial charge on any atom is -0.396 e. The fraction of sp³-hybridized carbons (Fsp3) is 1.00. The number of hydrogen-bond acceptors (Lipinski definition) is 5. The molecule has 2 unspecified atom stereocenters. The first-order valence-electron chi connectivity index (χ1n) is 8.38. The van der Waals surface area contributed by atoms with Gasteiger partial charge in [0.15, 0.2) is 0 Å². The van der Waals surface area contributed by atoms with E-state index in [9.17, 15) is 5.11 Å². The smallest absolute Gasteiger partial charge is 0.0588 e. The summed E-state index contributed by atoms with van der Waals surface area (Å²) in [5.41, 5.74) is 0.948. The normalized spacial score (nSPS) is 18.7. The van der Waals surface area contributed by atoms with Crippen molar-refractivity contribution >= 4 is 42.3 Å². The van der Waals surface area contributed by atoms with Gasteiger partial charge < -0.3 is 14.6 Å². The number of rotatable bonds is 16. The van der Waals surface area contributed by atoms with E-state index in [1.165, 1.54) is 0 Å². The molecule has 1 N–H and O–H groups in total. The highest BCUT2D eigenvalue weighted by atomic mass is 32.1. The number of ether oxygens (including phenoxy) is 2. The van der Waals surface area contributed by atoms with Crippen molar-refractivity contribution in [2.24, 2.45) is 5.41 Å². The van der Waals surface area contributed by atoms with E-state index in [-0.39, 0.29) is 12.0 Å². The summed E-state index contributed by atoms with van der Waals surface area (Å²) in [5.74, 6) is 0. The van der Waals surface area contributed by atoms with E-state index >= 15 is 0 Å². The highest BCUT2D eigenvalue weighted by Crippen LogP contribution is 2.23. The topological polar surface area (TPSA) is 38.7 Å². The van der Waals surface area contributed by atoms with Gasteiger partial charge in [0.25, 0.3) is 0 Å². The quantitative estimate of drug-likeness (QED) is 0.220. The van der Waals surface area contributed by atoms with E-state index < -0.39 is 17.1 Å². The molecule has 0 fully saturated rings. The summed E-state index contributed by atoms with van der Waals surface area (Å²) in [7, 11) is -1.42. The van der Waals surface area contributed by atoms with Crippen LogP contribution >= 0.6 is 42.3 Å². The highest BCUT2D eigenvalue weighted by molar-refractivity contribution is 7.86. The Bertz CT molecular complexity index is 256. The lowest BCUT2D eigenvalue weighted by Gasteiger charge is -2.30. The third-order valence-electron chi connectivity index (χ3n) is 3.31. The molecule has 0 amide bonds. The predicted octanol–water partition coefficient (Wildman–Crippen LogP) is 3.32. The average Bonchev–Trinajstić information content (AvgIpc) is 2.58. The predicted molar refractivity (Wildman–Crippen MR) is 105 cm³/mol. The van der Waals surface area contributed by atoms with Crippen molar-refractivity contribution in [1.29, 1.82) is 2.56 Å². The molecule has 0 bridgehead atoms. The van der Waals surface area contributed by atoms with Crippen LogP contribution in [-0.2, 0) is 9.47 Å². The molecule has 128 valence electrons. The molecule has 0 saturated carbocycles. The highest BCUT2D eigenvalue weighted by Gasteiger charge is 2.28. The van der Waals surface area contributed by atoms with E-state index in [1.54, 1.807) is 0 Å². The van der Waals surface area contributed by atoms with Crippen LogP contribution in [0.2, 0.25) is 0 Å². The minimum atomic E-state index is -0.710. The van der Waals surface area contributed by atoms with Gasteiger partial charge in [0, 0.05) is 29.6 Å². The Labute approximate surface area is 147 Å². The van der Waals surface area contributed by atoms with E-state index in [2.05, 4.69) is 25.3 Å². The largest absolute Gasteiger partial charge is 0.396 e. The van der Waals surface area contributed by atoms with Gasteiger partial charge in [-0.2, -0.15) is 25.3 Å². The molecular formula is C14H32O3P2S2. The summed E-state index contributed by atoms with van der Waals surface area (Å²) in [6.07, 6.45) is 4.26. The van der Waals surface area contributed by atoms with Gasteiger partial charge >= 0.3 is 0 Å². The second-order valence-corrected chi connectivity index (χ2v) is 9.05. The van der Waals surface area contributed by atoms with Gasteiger partial charge in [0.2, 0.25) is 0 Å². The fourth-order valence-corrected chi connectivity index (χ4v) is 3.56. The summed E-state index contributed by atoms with van der Waals surface area (Å²) < 4.78 is 26.8. The van der Waals surface area contributed by atoms with Gasteiger partial charge in [-0.05, 0) is 31.6 Å². The van der Waals surface area contributed by atoms with E-state index in [0.29, 0.717) is 37.4 Å². The standard InChI is InChI=1S/C14H32O3P2S2/c1-2-14(9-15,10-16-5-3-7-18-12-20)11-17-6-4-8-19-13-21/h15,18-21H,2-13H2,1H3/i18D,19D. The number of hydrogen-bond donors (Lipinski definition) is 3. The molecule has 0 saturated heterocycles. The van der Waals surface area contributed by atoms with Crippen molar-refractivity contribution in [2.45, 2.75) is 26.2 Å². The van der Waals surface area contributed by atoms with Crippen LogP contribution in [0.4, 0.5) is 0 Å². The van der Waals surface area contributed by atoms with Gasteiger partial charge in [-0.15, -0.1) is 17.1 Å². The summed E-state index contributed by atoms with van der Waals surface area (Å²) >= 11 is 8.25. The maximum Gasteiger partial charge on any atom is 0.0588 e. The zero-order chi connectivity index (χ0) is 17.6. The summed E-state index contributed by atoms with van der Waals surface area (Å²) in [6, 6.07) is 0. The maximum absolute atomic E-state index is 9.71. The molecule has 7 heteroatoms. The van der Waals surface area contributed by atoms with Crippen LogP contribution in [0.5, 0.6) is 0 Å². The maximum atomic E-state index is 9.71. The lowest BCUT2D eigenvalue weighted by Crippen LogP contribution is -2.36. The van der Waals surface area contributed by atoms with Gasteiger partial charge in [-0.25, -0.2) is 0 Å². The Morgan fingerprint density at radius 3 is 1.86 bits per heavy atom. The Morgan fingerprint density at radius 2 is 1.52 bits per heavy atom. The molecule has 0 aromatic heterocycles. The first-order chi connectivity index (χ1) is 11.0. The van der Waals surface area contributed by atoms with Gasteiger partial charge in [-0.1, -0.05) is 6.92 Å². The van der Waals surface area contributed by atoms with Crippen LogP contribution in [0.15, 0.2) is 0 Å². The zero-order valence-corrected chi connectivity index (χ0v) is 16.6. The number of thiol groups is 2. The van der Waals surface area contributed by atoms with Crippen molar-refractivity contribution in [3.63, 3.8) is 0 Å². The monoisotopic (exact) mass is 376 g/mol. The Hall–Kier alpha value is 1.44. The molecule has 0 aromatic rings. The first kappa shape index (κ1) is 18.8. The molecule has 0 spiro atoms. The van der Waals surface area contributed by atoms with Crippen LogP contribution in [0.25, 0.3) is 0 Å². The van der Waals surface area contributed by atoms with Crippen LogP contribution in [0.3, 0.4) is 0 Å². The molecule has 0 aliphatic heterocycles. The molecule has 2 atom stereocenters. The molecule has 0 aromatic carbocycles. The van der Waals surface area contributed by atoms with E-state index in [4.69, 9.17) is 12.0 Å². The van der Waals surface area contributed by atoms with Crippen molar-refractivity contribution in [2.75, 3.05) is 56.3 Å². The van der Waals surface area contributed by atoms with Crippen molar-refractivity contribution in [3.8, 4) is 0 Å². The lowest BCUT2D eigenvalue weighted by molar-refractivity contribution is -0.0526. The SMILES string of the molecule is [2H]P(CS)CCCOCC(CC)(CO)COCCCP([2H])CS. The molecule has 0 heterocycles. The van der Waals surface area contributed by atoms with Crippen molar-refractivity contribution < 1.29 is 14.6 Å². The van der Waals surface area contributed by atoms with Crippen molar-refractivity contribution in [3.05, 3.63) is 0 Å². The molecule has 0 aliphatic rings. The summed E-state index contributed by atoms with van der Waals surface area (Å²) in [4.78, 5) is 0. The van der Waals surface area contributed by atoms with E-state index in [0.717, 1.165) is 31.6 Å². The third kappa shape index (κ3) is 12.5. The van der Waals surface area contributed by atoms with Gasteiger partial charge in [0.05, 0.1) is 22.4 Å². The first-order valence-corrected chi connectivity index (χ1v) is 11.3. The van der Waals surface area contributed by atoms with Crippen molar-refractivity contribution in [1.82, 2.24) is 0 Å². The third-order valence-corrected chi connectivity index (χ3v) is 6.18. The van der Waals surface area contributed by atoms with Crippen LogP contribution in [0, 0.1) is 5.41 Å². The van der Waals surface area contributed by atoms with Crippen LogP contribution in [-0.4, -0.2) is 64.0 Å². The van der Waals surface area contributed by atoms with E-state index in [1.807, 2.05) is 6.92 Å². The molecule has 0 radical (unpaired) electrons. The molecule has 0 aliphatic carbocycles. The van der Waals surface area contributed by atoms with Crippen LogP contribution in [0.1, 0.15) is 26.2 Å². The average molecular weight is 377 g/mol. The van der Waals surface area contributed by atoms with Gasteiger partial charge in [-0.3, -0.25) is 0 Å². The Morgan fingerprint density at radius 1 is 1.05 bits per heavy atom. The molecule has 21 heavy (non-hydrogen) atoms. The number of aliphatic hydroxyl groups is 1. The second-order valence-electron chi connectivity index (χ2n) is 5.00. The molecular weight excluding hydrogens is 342 g/mol. The number of aliphatic hydroxyl groups excluding tert-OH is 1. The summed E-state index contributed by atoms with van der Waals surface area (Å²) in [5, 5.41) is 9.71. The minimum absolute atomic E-state index is 0.0487. The fourth-order valence-electron chi connectivity index (χ4n) is 1.72. The molecule has 0 rings (SSSR count). The Balaban J connectivity index is 3.91. The second kappa shape index (κ2) is 16.3. The Kier molecular flexibility index (Phi) is 14.6.